The minimum atomic E-state index is 0.250. The summed E-state index contributed by atoms with van der Waals surface area (Å²) >= 11 is 7.90. The molecule has 0 bridgehead atoms. The van der Waals surface area contributed by atoms with Crippen molar-refractivity contribution in [1.82, 2.24) is 0 Å². The molecule has 0 aliphatic rings. The van der Waals surface area contributed by atoms with Gasteiger partial charge in [0.2, 0.25) is 0 Å². The van der Waals surface area contributed by atoms with Crippen molar-refractivity contribution in [1.29, 1.82) is 0 Å². The Morgan fingerprint density at radius 3 is 1.50 bits per heavy atom. The molecule has 0 heterocycles. The van der Waals surface area contributed by atoms with Gasteiger partial charge in [0.25, 0.3) is 0 Å². The van der Waals surface area contributed by atoms with Crippen LogP contribution in [-0.2, 0) is 0 Å². The molecular formula is C5H14OS2. The number of aliphatic hydroxyl groups is 1. The lowest BCUT2D eigenvalue weighted by atomic mass is 10.6. The summed E-state index contributed by atoms with van der Waals surface area (Å²) < 4.78 is 0. The van der Waals surface area contributed by atoms with Crippen LogP contribution < -0.4 is 0 Å². The van der Waals surface area contributed by atoms with Crippen LogP contribution >= 0.6 is 25.3 Å². The Balaban J connectivity index is 0. The predicted molar refractivity (Wildman–Crippen MR) is 45.1 cm³/mol. The molecule has 0 aliphatic heterocycles. The quantitative estimate of drug-likeness (QED) is 0.511. The Kier molecular flexibility index (Phi) is 22.4. The molecule has 52 valence electrons. The zero-order valence-electron chi connectivity index (χ0n) is 5.17. The van der Waals surface area contributed by atoms with Crippen LogP contribution in [0.15, 0.2) is 0 Å². The van der Waals surface area contributed by atoms with Gasteiger partial charge in [-0.2, -0.15) is 25.3 Å². The highest BCUT2D eigenvalue weighted by molar-refractivity contribution is 7.81. The Bertz CT molecular complexity index is 24.4. The Morgan fingerprint density at radius 2 is 1.50 bits per heavy atom. The Hall–Kier alpha value is 0.660. The number of hydrogen-bond donors (Lipinski definition) is 3. The van der Waals surface area contributed by atoms with Gasteiger partial charge in [-0.3, -0.25) is 0 Å². The van der Waals surface area contributed by atoms with Crippen molar-refractivity contribution in [2.75, 3.05) is 18.1 Å². The summed E-state index contributed by atoms with van der Waals surface area (Å²) in [5.74, 6) is 1.92. The van der Waals surface area contributed by atoms with E-state index in [-0.39, 0.29) is 6.61 Å². The third kappa shape index (κ3) is 30.2. The van der Waals surface area contributed by atoms with Crippen LogP contribution in [0, 0.1) is 0 Å². The lowest BCUT2D eigenvalue weighted by Gasteiger charge is -1.78. The van der Waals surface area contributed by atoms with Crippen molar-refractivity contribution in [2.45, 2.75) is 13.3 Å². The monoisotopic (exact) mass is 154 g/mol. The summed E-state index contributed by atoms with van der Waals surface area (Å²) in [6.45, 7) is 1.93. The molecule has 0 saturated heterocycles. The van der Waals surface area contributed by atoms with Crippen LogP contribution in [0.2, 0.25) is 0 Å². The maximum atomic E-state index is 7.57. The van der Waals surface area contributed by atoms with Gasteiger partial charge in [0.05, 0.1) is 0 Å². The van der Waals surface area contributed by atoms with Gasteiger partial charge in [-0.05, 0) is 24.9 Å². The number of aliphatic hydroxyl groups excluding tert-OH is 1. The van der Waals surface area contributed by atoms with E-state index in [9.17, 15) is 0 Å². The number of rotatable bonds is 2. The van der Waals surface area contributed by atoms with Crippen LogP contribution in [-0.4, -0.2) is 23.2 Å². The first-order chi connectivity index (χ1) is 3.83. The standard InChI is InChI=1S/C3H8S2.C2H6O/c4-2-1-3-5;1-2-3/h4-5H,1-3H2;3H,2H2,1H3. The maximum absolute atomic E-state index is 7.57. The highest BCUT2D eigenvalue weighted by Gasteiger charge is 1.69. The fourth-order valence-electron chi connectivity index (χ4n) is 0.0707. The van der Waals surface area contributed by atoms with Crippen LogP contribution in [0.25, 0.3) is 0 Å². The van der Waals surface area contributed by atoms with Crippen molar-refractivity contribution >= 4 is 25.3 Å². The molecule has 0 radical (unpaired) electrons. The van der Waals surface area contributed by atoms with Crippen LogP contribution in [0.4, 0.5) is 0 Å². The topological polar surface area (TPSA) is 20.2 Å². The summed E-state index contributed by atoms with van der Waals surface area (Å²) in [6, 6.07) is 0. The smallest absolute Gasteiger partial charge is 0.0402 e. The molecule has 0 amide bonds. The highest BCUT2D eigenvalue weighted by atomic mass is 32.1. The predicted octanol–water partition coefficient (Wildman–Crippen LogP) is 1.23. The molecule has 1 nitrogen and oxygen atoms in total. The first-order valence-electron chi connectivity index (χ1n) is 2.66. The van der Waals surface area contributed by atoms with Crippen molar-refractivity contribution in [3.05, 3.63) is 0 Å². The molecule has 0 spiro atoms. The third-order valence-corrected chi connectivity index (χ3v) is 0.949. The molecular weight excluding hydrogens is 140 g/mol. The lowest BCUT2D eigenvalue weighted by molar-refractivity contribution is 0.318. The summed E-state index contributed by atoms with van der Waals surface area (Å²) in [7, 11) is 0. The highest BCUT2D eigenvalue weighted by Crippen LogP contribution is 1.83. The van der Waals surface area contributed by atoms with Crippen LogP contribution in [0.3, 0.4) is 0 Å². The largest absolute Gasteiger partial charge is 0.397 e. The molecule has 0 aromatic heterocycles. The maximum Gasteiger partial charge on any atom is 0.0402 e. The second-order valence-electron chi connectivity index (χ2n) is 1.12. The van der Waals surface area contributed by atoms with E-state index in [0.29, 0.717) is 0 Å². The van der Waals surface area contributed by atoms with Gasteiger partial charge in [0.1, 0.15) is 0 Å². The molecule has 3 heteroatoms. The van der Waals surface area contributed by atoms with Crippen LogP contribution in [0.5, 0.6) is 0 Å². The van der Waals surface area contributed by atoms with Crippen LogP contribution in [0.1, 0.15) is 13.3 Å². The van der Waals surface area contributed by atoms with Crippen molar-refractivity contribution in [3.8, 4) is 0 Å². The SMILES string of the molecule is CCO.SCCCS. The molecule has 0 fully saturated rings. The average molecular weight is 154 g/mol. The summed E-state index contributed by atoms with van der Waals surface area (Å²) in [5, 5.41) is 7.57. The number of thiol groups is 2. The van der Waals surface area contributed by atoms with Gasteiger partial charge in [0, 0.05) is 6.61 Å². The van der Waals surface area contributed by atoms with Crippen molar-refractivity contribution in [3.63, 3.8) is 0 Å². The molecule has 0 atom stereocenters. The fourth-order valence-corrected chi connectivity index (χ4v) is 0.636. The average Bonchev–Trinajstić information content (AvgIpc) is 1.71. The molecule has 0 aliphatic carbocycles. The molecule has 0 unspecified atom stereocenters. The zero-order valence-corrected chi connectivity index (χ0v) is 6.96. The second-order valence-corrected chi connectivity index (χ2v) is 2.01. The van der Waals surface area contributed by atoms with Gasteiger partial charge in [0.15, 0.2) is 0 Å². The van der Waals surface area contributed by atoms with E-state index in [1.165, 1.54) is 0 Å². The molecule has 0 aromatic carbocycles. The molecule has 8 heavy (non-hydrogen) atoms. The Labute approximate surface area is 62.3 Å². The second kappa shape index (κ2) is 15.6. The first kappa shape index (κ1) is 11.5. The molecule has 0 rings (SSSR count). The van der Waals surface area contributed by atoms with E-state index in [4.69, 9.17) is 5.11 Å². The van der Waals surface area contributed by atoms with E-state index >= 15 is 0 Å². The van der Waals surface area contributed by atoms with Gasteiger partial charge in [-0.15, -0.1) is 0 Å². The van der Waals surface area contributed by atoms with E-state index in [1.807, 2.05) is 0 Å². The van der Waals surface area contributed by atoms with Gasteiger partial charge in [-0.25, -0.2) is 0 Å². The minimum absolute atomic E-state index is 0.250. The molecule has 1 N–H and O–H groups in total. The minimum Gasteiger partial charge on any atom is -0.397 e. The number of hydrogen-bond acceptors (Lipinski definition) is 3. The van der Waals surface area contributed by atoms with E-state index in [1.54, 1.807) is 6.92 Å². The van der Waals surface area contributed by atoms with E-state index < -0.39 is 0 Å². The van der Waals surface area contributed by atoms with E-state index in [0.717, 1.165) is 17.9 Å². The Morgan fingerprint density at radius 1 is 1.25 bits per heavy atom. The molecule has 0 aromatic rings. The normalized spacial score (nSPS) is 7.50. The van der Waals surface area contributed by atoms with Crippen molar-refractivity contribution in [2.24, 2.45) is 0 Å². The van der Waals surface area contributed by atoms with Gasteiger partial charge >= 0.3 is 0 Å². The summed E-state index contributed by atoms with van der Waals surface area (Å²) in [6.07, 6.45) is 1.12. The summed E-state index contributed by atoms with van der Waals surface area (Å²) in [4.78, 5) is 0. The third-order valence-electron chi connectivity index (χ3n) is 0.316. The fraction of sp³-hybridized carbons (Fsp3) is 1.00. The lowest BCUT2D eigenvalue weighted by Crippen LogP contribution is -1.71. The van der Waals surface area contributed by atoms with Gasteiger partial charge < -0.3 is 5.11 Å². The van der Waals surface area contributed by atoms with Crippen molar-refractivity contribution < 1.29 is 5.11 Å². The summed E-state index contributed by atoms with van der Waals surface area (Å²) in [5.41, 5.74) is 0. The van der Waals surface area contributed by atoms with Gasteiger partial charge in [-0.1, -0.05) is 0 Å². The molecule has 0 saturated carbocycles. The zero-order chi connectivity index (χ0) is 6.83. The first-order valence-corrected chi connectivity index (χ1v) is 3.92. The van der Waals surface area contributed by atoms with E-state index in [2.05, 4.69) is 25.3 Å².